The lowest BCUT2D eigenvalue weighted by molar-refractivity contribution is 0.414. The van der Waals surface area contributed by atoms with Crippen molar-refractivity contribution in [3.8, 4) is 5.75 Å². The van der Waals surface area contributed by atoms with Crippen molar-refractivity contribution in [2.75, 3.05) is 11.8 Å². The lowest BCUT2D eigenvalue weighted by atomic mass is 10.3. The number of sulfonamides is 1. The lowest BCUT2D eigenvalue weighted by Crippen LogP contribution is -2.13. The zero-order chi connectivity index (χ0) is 14.8. The van der Waals surface area contributed by atoms with Gasteiger partial charge in [-0.25, -0.2) is 12.8 Å². The minimum Gasteiger partial charge on any atom is -0.497 e. The van der Waals surface area contributed by atoms with E-state index in [0.29, 0.717) is 15.0 Å². The first kappa shape index (κ1) is 15.0. The van der Waals surface area contributed by atoms with Crippen LogP contribution in [0.3, 0.4) is 0 Å². The number of ether oxygens (including phenoxy) is 1. The molecule has 4 nitrogen and oxygen atoms in total. The van der Waals surface area contributed by atoms with Crippen LogP contribution in [0.5, 0.6) is 5.75 Å². The Morgan fingerprint density at radius 1 is 1.15 bits per heavy atom. The summed E-state index contributed by atoms with van der Waals surface area (Å²) >= 11 is 1.87. The summed E-state index contributed by atoms with van der Waals surface area (Å²) in [6, 6.07) is 9.85. The molecule has 0 saturated carbocycles. The predicted molar refractivity (Wildman–Crippen MR) is 82.9 cm³/mol. The summed E-state index contributed by atoms with van der Waals surface area (Å²) in [5.41, 5.74) is 0.336. The molecule has 0 aliphatic rings. The summed E-state index contributed by atoms with van der Waals surface area (Å²) in [5.74, 6) is 0.155. The summed E-state index contributed by atoms with van der Waals surface area (Å²) in [5, 5.41) is 0. The Kier molecular flexibility index (Phi) is 4.48. The van der Waals surface area contributed by atoms with Crippen LogP contribution in [-0.2, 0) is 10.0 Å². The van der Waals surface area contributed by atoms with Gasteiger partial charge in [0.15, 0.2) is 0 Å². The monoisotopic (exact) mass is 407 g/mol. The van der Waals surface area contributed by atoms with Crippen LogP contribution in [0.2, 0.25) is 0 Å². The van der Waals surface area contributed by atoms with Gasteiger partial charge in [0.2, 0.25) is 0 Å². The third-order valence-electron chi connectivity index (χ3n) is 2.55. The average molecular weight is 407 g/mol. The molecule has 0 aliphatic heterocycles. The fourth-order valence-electron chi connectivity index (χ4n) is 1.53. The molecule has 2 rings (SSSR count). The van der Waals surface area contributed by atoms with E-state index in [1.165, 1.54) is 37.4 Å². The maximum Gasteiger partial charge on any atom is 0.261 e. The molecular weight excluding hydrogens is 396 g/mol. The molecule has 0 spiro atoms. The van der Waals surface area contributed by atoms with Crippen LogP contribution in [0.4, 0.5) is 10.1 Å². The number of benzene rings is 2. The second kappa shape index (κ2) is 5.96. The van der Waals surface area contributed by atoms with Gasteiger partial charge in [0.05, 0.1) is 17.7 Å². The van der Waals surface area contributed by atoms with Crippen molar-refractivity contribution < 1.29 is 17.5 Å². The molecule has 0 saturated heterocycles. The van der Waals surface area contributed by atoms with Crippen LogP contribution in [0.15, 0.2) is 47.4 Å². The molecule has 0 aromatic heterocycles. The van der Waals surface area contributed by atoms with Crippen LogP contribution in [0.1, 0.15) is 0 Å². The number of methoxy groups -OCH3 is 1. The summed E-state index contributed by atoms with van der Waals surface area (Å²) in [6.45, 7) is 0. The minimum atomic E-state index is -3.71. The van der Waals surface area contributed by atoms with Crippen LogP contribution in [-0.4, -0.2) is 15.5 Å². The molecule has 0 radical (unpaired) electrons. The number of nitrogens with one attached hydrogen (secondary N) is 1. The predicted octanol–water partition coefficient (Wildman–Crippen LogP) is 3.24. The maximum atomic E-state index is 13.0. The Hall–Kier alpha value is -1.35. The summed E-state index contributed by atoms with van der Waals surface area (Å²) in [7, 11) is -2.20. The van der Waals surface area contributed by atoms with Crippen LogP contribution in [0.25, 0.3) is 0 Å². The molecule has 0 unspecified atom stereocenters. The van der Waals surface area contributed by atoms with Gasteiger partial charge >= 0.3 is 0 Å². The highest BCUT2D eigenvalue weighted by Gasteiger charge is 2.15. The van der Waals surface area contributed by atoms with Crippen molar-refractivity contribution in [3.63, 3.8) is 0 Å². The van der Waals surface area contributed by atoms with E-state index < -0.39 is 15.8 Å². The van der Waals surface area contributed by atoms with Crippen molar-refractivity contribution in [2.45, 2.75) is 4.90 Å². The molecule has 0 heterocycles. The highest BCUT2D eigenvalue weighted by atomic mass is 127. The molecule has 0 fully saturated rings. The van der Waals surface area contributed by atoms with Gasteiger partial charge in [-0.2, -0.15) is 0 Å². The highest BCUT2D eigenvalue weighted by molar-refractivity contribution is 14.1. The molecule has 1 N–H and O–H groups in total. The fourth-order valence-corrected chi connectivity index (χ4v) is 3.41. The van der Waals surface area contributed by atoms with Crippen molar-refractivity contribution in [3.05, 3.63) is 51.9 Å². The molecule has 2 aromatic rings. The Morgan fingerprint density at radius 3 is 2.35 bits per heavy atom. The standard InChI is InChI=1S/C13H11FINO3S/c1-19-10-3-5-11(6-4-10)20(17,18)16-13-7-2-9(14)8-12(13)15/h2-8,16H,1H3. The minimum absolute atomic E-state index is 0.110. The fraction of sp³-hybridized carbons (Fsp3) is 0.0769. The largest absolute Gasteiger partial charge is 0.497 e. The first-order chi connectivity index (χ1) is 9.42. The molecular formula is C13H11FINO3S. The van der Waals surface area contributed by atoms with Crippen molar-refractivity contribution >= 4 is 38.3 Å². The number of rotatable bonds is 4. The number of hydrogen-bond acceptors (Lipinski definition) is 3. The SMILES string of the molecule is COc1ccc(S(=O)(=O)Nc2ccc(F)cc2I)cc1. The highest BCUT2D eigenvalue weighted by Crippen LogP contribution is 2.23. The van der Waals surface area contributed by atoms with E-state index in [1.807, 2.05) is 22.6 Å². The molecule has 0 amide bonds. The molecule has 2 aromatic carbocycles. The van der Waals surface area contributed by atoms with Gasteiger partial charge in [-0.15, -0.1) is 0 Å². The van der Waals surface area contributed by atoms with E-state index in [9.17, 15) is 12.8 Å². The Bertz CT molecular complexity index is 717. The Balaban J connectivity index is 2.30. The second-order valence-corrected chi connectivity index (χ2v) is 6.75. The number of hydrogen-bond donors (Lipinski definition) is 1. The number of halogens is 2. The van der Waals surface area contributed by atoms with Crippen molar-refractivity contribution in [2.24, 2.45) is 0 Å². The van der Waals surface area contributed by atoms with E-state index in [0.717, 1.165) is 0 Å². The van der Waals surface area contributed by atoms with E-state index in [-0.39, 0.29) is 4.90 Å². The molecule has 7 heteroatoms. The van der Waals surface area contributed by atoms with Crippen LogP contribution >= 0.6 is 22.6 Å². The topological polar surface area (TPSA) is 55.4 Å². The van der Waals surface area contributed by atoms with E-state index in [1.54, 1.807) is 12.1 Å². The lowest BCUT2D eigenvalue weighted by Gasteiger charge is -2.10. The third-order valence-corrected chi connectivity index (χ3v) is 4.82. The molecule has 0 atom stereocenters. The number of anilines is 1. The maximum absolute atomic E-state index is 13.0. The first-order valence-electron chi connectivity index (χ1n) is 5.54. The second-order valence-electron chi connectivity index (χ2n) is 3.91. The van der Waals surface area contributed by atoms with Crippen LogP contribution in [0, 0.1) is 9.39 Å². The zero-order valence-corrected chi connectivity index (χ0v) is 13.4. The molecule has 0 aliphatic carbocycles. The van der Waals surface area contributed by atoms with Gasteiger partial charge in [0.1, 0.15) is 11.6 Å². The van der Waals surface area contributed by atoms with Gasteiger partial charge in [-0.05, 0) is 65.1 Å². The zero-order valence-electron chi connectivity index (χ0n) is 10.4. The average Bonchev–Trinajstić information content (AvgIpc) is 2.42. The van der Waals surface area contributed by atoms with Gasteiger partial charge in [0.25, 0.3) is 10.0 Å². The normalized spacial score (nSPS) is 11.2. The van der Waals surface area contributed by atoms with E-state index >= 15 is 0 Å². The summed E-state index contributed by atoms with van der Waals surface area (Å²) < 4.78 is 45.3. The molecule has 106 valence electrons. The van der Waals surface area contributed by atoms with Gasteiger partial charge in [0, 0.05) is 3.57 Å². The smallest absolute Gasteiger partial charge is 0.261 e. The molecule has 0 bridgehead atoms. The first-order valence-corrected chi connectivity index (χ1v) is 8.10. The Morgan fingerprint density at radius 2 is 1.80 bits per heavy atom. The van der Waals surface area contributed by atoms with E-state index in [2.05, 4.69) is 4.72 Å². The van der Waals surface area contributed by atoms with Gasteiger partial charge < -0.3 is 4.74 Å². The van der Waals surface area contributed by atoms with Gasteiger partial charge in [-0.1, -0.05) is 0 Å². The molecule has 20 heavy (non-hydrogen) atoms. The quantitative estimate of drug-likeness (QED) is 0.792. The summed E-state index contributed by atoms with van der Waals surface area (Å²) in [6.07, 6.45) is 0. The van der Waals surface area contributed by atoms with Crippen LogP contribution < -0.4 is 9.46 Å². The van der Waals surface area contributed by atoms with Crippen molar-refractivity contribution in [1.82, 2.24) is 0 Å². The Labute approximate surface area is 130 Å². The van der Waals surface area contributed by atoms with E-state index in [4.69, 9.17) is 4.74 Å². The van der Waals surface area contributed by atoms with Crippen molar-refractivity contribution in [1.29, 1.82) is 0 Å². The van der Waals surface area contributed by atoms with Gasteiger partial charge in [-0.3, -0.25) is 4.72 Å². The third kappa shape index (κ3) is 3.40. The summed E-state index contributed by atoms with van der Waals surface area (Å²) in [4.78, 5) is 0.110.